The summed E-state index contributed by atoms with van der Waals surface area (Å²) in [5.74, 6) is 2.36. The zero-order chi connectivity index (χ0) is 22.4. The Morgan fingerprint density at radius 1 is 1.00 bits per heavy atom. The first-order chi connectivity index (χ1) is 16.2. The molecule has 0 aromatic carbocycles. The second-order valence-corrected chi connectivity index (χ2v) is 8.25. The van der Waals surface area contributed by atoms with Crippen LogP contribution in [0, 0.1) is 6.92 Å². The second kappa shape index (κ2) is 7.85. The maximum Gasteiger partial charge on any atom is 0.225 e. The molecule has 0 unspecified atom stereocenters. The van der Waals surface area contributed by atoms with E-state index < -0.39 is 0 Å². The van der Waals surface area contributed by atoms with Crippen LogP contribution in [-0.2, 0) is 6.54 Å². The third kappa shape index (κ3) is 3.55. The van der Waals surface area contributed by atoms with Gasteiger partial charge in [-0.2, -0.15) is 14.6 Å². The van der Waals surface area contributed by atoms with Gasteiger partial charge in [0.1, 0.15) is 5.82 Å². The topological polar surface area (TPSA) is 119 Å². The van der Waals surface area contributed by atoms with Crippen molar-refractivity contribution in [2.45, 2.75) is 13.5 Å². The van der Waals surface area contributed by atoms with Crippen molar-refractivity contribution in [1.29, 1.82) is 0 Å². The first-order valence-corrected chi connectivity index (χ1v) is 11.0. The number of furan rings is 1. The van der Waals surface area contributed by atoms with E-state index in [0.717, 1.165) is 43.9 Å². The van der Waals surface area contributed by atoms with Crippen LogP contribution in [0.4, 0.5) is 11.8 Å². The molecule has 6 rings (SSSR count). The molecule has 0 amide bonds. The van der Waals surface area contributed by atoms with Gasteiger partial charge < -0.3 is 15.1 Å². The molecule has 0 saturated carbocycles. The Kier molecular flexibility index (Phi) is 4.68. The summed E-state index contributed by atoms with van der Waals surface area (Å²) in [5, 5.41) is 9.81. The number of piperazine rings is 1. The maximum absolute atomic E-state index is 6.19. The monoisotopic (exact) mass is 444 g/mol. The highest BCUT2D eigenvalue weighted by Crippen LogP contribution is 2.23. The number of hydrogen-bond donors (Lipinski definition) is 1. The van der Waals surface area contributed by atoms with Crippen LogP contribution in [-0.4, -0.2) is 72.0 Å². The summed E-state index contributed by atoms with van der Waals surface area (Å²) in [6, 6.07) is 7.82. The predicted octanol–water partition coefficient (Wildman–Crippen LogP) is 1.84. The van der Waals surface area contributed by atoms with E-state index in [0.29, 0.717) is 29.4 Å². The molecular weight excluding hydrogens is 420 g/mol. The van der Waals surface area contributed by atoms with Crippen LogP contribution in [0.5, 0.6) is 0 Å². The quantitative estimate of drug-likeness (QED) is 0.433. The van der Waals surface area contributed by atoms with E-state index in [9.17, 15) is 0 Å². The molecule has 0 radical (unpaired) electrons. The van der Waals surface area contributed by atoms with Gasteiger partial charge in [0.2, 0.25) is 11.8 Å². The summed E-state index contributed by atoms with van der Waals surface area (Å²) < 4.78 is 8.84. The highest BCUT2D eigenvalue weighted by Gasteiger charge is 2.20. The molecule has 1 saturated heterocycles. The Balaban J connectivity index is 1.17. The summed E-state index contributed by atoms with van der Waals surface area (Å²) in [6.07, 6.45) is 5.29. The van der Waals surface area contributed by atoms with Crippen LogP contribution in [0.15, 0.2) is 47.3 Å². The van der Waals surface area contributed by atoms with Crippen LogP contribution >= 0.6 is 0 Å². The van der Waals surface area contributed by atoms with Crippen LogP contribution in [0.1, 0.15) is 5.56 Å². The smallest absolute Gasteiger partial charge is 0.225 e. The minimum atomic E-state index is 0.267. The van der Waals surface area contributed by atoms with E-state index >= 15 is 0 Å². The Hall–Kier alpha value is -3.99. The van der Waals surface area contributed by atoms with Gasteiger partial charge in [-0.15, -0.1) is 5.10 Å². The number of nitrogens with zero attached hydrogens (tertiary/aromatic N) is 9. The van der Waals surface area contributed by atoms with Crippen molar-refractivity contribution in [3.8, 4) is 11.6 Å². The van der Waals surface area contributed by atoms with Crippen molar-refractivity contribution in [2.75, 3.05) is 43.4 Å². The van der Waals surface area contributed by atoms with Crippen LogP contribution < -0.4 is 10.6 Å². The molecule has 0 bridgehead atoms. The lowest BCUT2D eigenvalue weighted by atomic mass is 10.2. The zero-order valence-electron chi connectivity index (χ0n) is 18.3. The van der Waals surface area contributed by atoms with Gasteiger partial charge in [0.25, 0.3) is 0 Å². The standard InChI is InChI=1S/C22H24N10O/c1-15-4-5-18(24-13-15)30-9-6-29(7-10-30)8-11-31-20-16(14-25-31)21-26-19(17-3-2-12-33-17)28-32(21)22(23)27-20/h2-5,12-14H,6-11H2,1H3,(H2,23,27). The van der Waals surface area contributed by atoms with Gasteiger partial charge in [-0.1, -0.05) is 6.07 Å². The maximum atomic E-state index is 6.19. The number of aryl methyl sites for hydroxylation is 1. The van der Waals surface area contributed by atoms with Crippen LogP contribution in [0.3, 0.4) is 0 Å². The lowest BCUT2D eigenvalue weighted by Crippen LogP contribution is -2.47. The predicted molar refractivity (Wildman–Crippen MR) is 124 cm³/mol. The number of rotatable bonds is 5. The van der Waals surface area contributed by atoms with Crippen molar-refractivity contribution in [3.05, 3.63) is 48.5 Å². The Bertz CT molecular complexity index is 1400. The summed E-state index contributed by atoms with van der Waals surface area (Å²) in [5.41, 5.74) is 8.70. The molecule has 0 spiro atoms. The SMILES string of the molecule is Cc1ccc(N2CCN(CCn3ncc4c3nc(N)n3nc(-c5ccco5)nc43)CC2)nc1. The van der Waals surface area contributed by atoms with Crippen LogP contribution in [0.25, 0.3) is 28.3 Å². The van der Waals surface area contributed by atoms with Gasteiger partial charge in [0, 0.05) is 38.9 Å². The van der Waals surface area contributed by atoms with Crippen molar-refractivity contribution < 1.29 is 4.42 Å². The van der Waals surface area contributed by atoms with Crippen molar-refractivity contribution in [2.24, 2.45) is 0 Å². The highest BCUT2D eigenvalue weighted by molar-refractivity contribution is 5.90. The molecule has 6 heterocycles. The molecule has 11 nitrogen and oxygen atoms in total. The summed E-state index contributed by atoms with van der Waals surface area (Å²) >= 11 is 0. The Morgan fingerprint density at radius 3 is 2.64 bits per heavy atom. The van der Waals surface area contributed by atoms with E-state index in [1.165, 1.54) is 10.1 Å². The van der Waals surface area contributed by atoms with Gasteiger partial charge in [0.05, 0.1) is 24.4 Å². The van der Waals surface area contributed by atoms with Crippen molar-refractivity contribution in [1.82, 2.24) is 39.2 Å². The molecule has 1 aliphatic heterocycles. The van der Waals surface area contributed by atoms with E-state index in [1.807, 2.05) is 16.9 Å². The number of aromatic nitrogens is 7. The average Bonchev–Trinajstić information content (AvgIpc) is 3.58. The molecule has 33 heavy (non-hydrogen) atoms. The number of hydrogen-bond acceptors (Lipinski definition) is 9. The largest absolute Gasteiger partial charge is 0.461 e. The molecule has 11 heteroatoms. The second-order valence-electron chi connectivity index (χ2n) is 8.25. The lowest BCUT2D eigenvalue weighted by Gasteiger charge is -2.35. The fourth-order valence-electron chi connectivity index (χ4n) is 4.21. The summed E-state index contributed by atoms with van der Waals surface area (Å²) in [7, 11) is 0. The normalized spacial score (nSPS) is 15.1. The van der Waals surface area contributed by atoms with Crippen molar-refractivity contribution in [3.63, 3.8) is 0 Å². The average molecular weight is 445 g/mol. The Morgan fingerprint density at radius 2 is 1.88 bits per heavy atom. The Labute approximate surface area is 189 Å². The molecule has 0 atom stereocenters. The van der Waals surface area contributed by atoms with Crippen LogP contribution in [0.2, 0.25) is 0 Å². The minimum Gasteiger partial charge on any atom is -0.461 e. The van der Waals surface area contributed by atoms with Gasteiger partial charge >= 0.3 is 0 Å². The first kappa shape index (κ1) is 19.7. The third-order valence-electron chi connectivity index (χ3n) is 6.06. The van der Waals surface area contributed by atoms with Gasteiger partial charge in [0.15, 0.2) is 17.1 Å². The number of anilines is 2. The van der Waals surface area contributed by atoms with Gasteiger partial charge in [-0.05, 0) is 30.7 Å². The molecular formula is C22H24N10O. The number of pyridine rings is 1. The highest BCUT2D eigenvalue weighted by atomic mass is 16.3. The molecule has 1 aliphatic rings. The number of fused-ring (bicyclic) bond motifs is 3. The summed E-state index contributed by atoms with van der Waals surface area (Å²) in [4.78, 5) is 18.5. The summed E-state index contributed by atoms with van der Waals surface area (Å²) in [6.45, 7) is 7.52. The zero-order valence-corrected chi connectivity index (χ0v) is 18.3. The molecule has 0 aliphatic carbocycles. The van der Waals surface area contributed by atoms with E-state index in [4.69, 9.17) is 10.2 Å². The third-order valence-corrected chi connectivity index (χ3v) is 6.06. The van der Waals surface area contributed by atoms with E-state index in [-0.39, 0.29) is 5.95 Å². The van der Waals surface area contributed by atoms with Crippen molar-refractivity contribution >= 4 is 28.4 Å². The fraction of sp³-hybridized carbons (Fsp3) is 0.318. The van der Waals surface area contributed by atoms with Gasteiger partial charge in [-0.3, -0.25) is 4.90 Å². The molecule has 2 N–H and O–H groups in total. The number of nitrogens with two attached hydrogens (primary N) is 1. The first-order valence-electron chi connectivity index (χ1n) is 11.0. The van der Waals surface area contributed by atoms with E-state index in [2.05, 4.69) is 54.0 Å². The molecule has 5 aromatic rings. The van der Waals surface area contributed by atoms with E-state index in [1.54, 1.807) is 18.5 Å². The minimum absolute atomic E-state index is 0.267. The lowest BCUT2D eigenvalue weighted by molar-refractivity contribution is 0.245. The molecule has 168 valence electrons. The fourth-order valence-corrected chi connectivity index (χ4v) is 4.21. The van der Waals surface area contributed by atoms with Gasteiger partial charge in [-0.25, -0.2) is 14.6 Å². The molecule has 1 fully saturated rings. The molecule has 5 aromatic heterocycles. The number of nitrogen functional groups attached to an aromatic ring is 1.